The van der Waals surface area contributed by atoms with E-state index >= 15 is 0 Å². The van der Waals surface area contributed by atoms with Gasteiger partial charge in [-0.15, -0.1) is 0 Å². The first-order chi connectivity index (χ1) is 18.9. The van der Waals surface area contributed by atoms with Gasteiger partial charge in [0.15, 0.2) is 0 Å². The molecular formula is C28H31NO9S. The Kier molecular flexibility index (Phi) is 9.41. The molecule has 10 nitrogen and oxygen atoms in total. The molecule has 0 radical (unpaired) electrons. The second-order valence-corrected chi connectivity index (χ2v) is 10.6. The summed E-state index contributed by atoms with van der Waals surface area (Å²) in [6.07, 6.45) is 4.27. The van der Waals surface area contributed by atoms with E-state index in [-0.39, 0.29) is 49.5 Å². The van der Waals surface area contributed by atoms with Crippen molar-refractivity contribution in [2.24, 2.45) is 0 Å². The van der Waals surface area contributed by atoms with Crippen LogP contribution in [0, 0.1) is 0 Å². The van der Waals surface area contributed by atoms with Crippen molar-refractivity contribution in [3.8, 4) is 5.75 Å². The third-order valence-electron chi connectivity index (χ3n) is 6.19. The number of methoxy groups -OCH3 is 1. The van der Waals surface area contributed by atoms with Gasteiger partial charge in [-0.3, -0.25) is 0 Å². The highest BCUT2D eigenvalue weighted by Gasteiger charge is 2.32. The van der Waals surface area contributed by atoms with E-state index in [0.717, 1.165) is 15.3 Å². The molecule has 39 heavy (non-hydrogen) atoms. The van der Waals surface area contributed by atoms with Crippen LogP contribution in [0.3, 0.4) is 0 Å². The lowest BCUT2D eigenvalue weighted by Gasteiger charge is -2.29. The molecule has 11 heteroatoms. The number of esters is 1. The number of allylic oxidation sites excluding steroid dienone is 1. The first-order valence-electron chi connectivity index (χ1n) is 12.4. The summed E-state index contributed by atoms with van der Waals surface area (Å²) in [7, 11) is -2.41. The number of hydrogen-bond acceptors (Lipinski definition) is 9. The first kappa shape index (κ1) is 28.4. The number of aliphatic hydroxyl groups is 1. The number of hydrogen-bond donors (Lipinski definition) is 1. The molecule has 0 bridgehead atoms. The van der Waals surface area contributed by atoms with Gasteiger partial charge in [0.1, 0.15) is 17.9 Å². The predicted molar refractivity (Wildman–Crippen MR) is 142 cm³/mol. The smallest absolute Gasteiger partial charge is 0.373 e. The fourth-order valence-electron chi connectivity index (χ4n) is 4.26. The Balaban J connectivity index is 1.49. The van der Waals surface area contributed by atoms with Crippen LogP contribution < -0.4 is 4.74 Å². The van der Waals surface area contributed by atoms with E-state index in [0.29, 0.717) is 17.8 Å². The van der Waals surface area contributed by atoms with E-state index in [2.05, 4.69) is 6.58 Å². The number of ether oxygens (including phenoxy) is 4. The van der Waals surface area contributed by atoms with Crippen molar-refractivity contribution in [1.29, 1.82) is 0 Å². The topological polar surface area (TPSA) is 125 Å². The minimum absolute atomic E-state index is 0.0125. The van der Waals surface area contributed by atoms with E-state index in [1.54, 1.807) is 24.5 Å². The molecule has 208 valence electrons. The molecule has 0 saturated carbocycles. The molecular weight excluding hydrogens is 526 g/mol. The quantitative estimate of drug-likeness (QED) is 0.248. The van der Waals surface area contributed by atoms with Crippen molar-refractivity contribution in [3.63, 3.8) is 0 Å². The maximum atomic E-state index is 13.2. The number of carbonyl (C=O) groups is 1. The van der Waals surface area contributed by atoms with Crippen LogP contribution >= 0.6 is 0 Å². The standard InChI is InChI=1S/C28H31NO9S/c1-3-15-36-28(31)26-17-20(24-19-37-25-7-5-4-6-23(24)25)18-27(38-26)35-16-13-29(12-14-30)39(32,33)22-10-8-21(34-2)9-11-22/h3-11,17,19-20,27,30H,1,12-16,18H2,2H3/t20-,27?/m0/s1. The predicted octanol–water partition coefficient (Wildman–Crippen LogP) is 3.58. The van der Waals surface area contributed by atoms with E-state index in [1.807, 2.05) is 24.3 Å². The Hall–Kier alpha value is -3.64. The van der Waals surface area contributed by atoms with E-state index in [1.165, 1.54) is 25.3 Å². The monoisotopic (exact) mass is 557 g/mol. The molecule has 2 heterocycles. The first-order valence-corrected chi connectivity index (χ1v) is 13.8. The summed E-state index contributed by atoms with van der Waals surface area (Å²) in [5.41, 5.74) is 1.57. The molecule has 4 rings (SSSR count). The molecule has 0 spiro atoms. The number of carbonyl (C=O) groups excluding carboxylic acids is 1. The van der Waals surface area contributed by atoms with Crippen LogP contribution in [-0.4, -0.2) is 70.1 Å². The third kappa shape index (κ3) is 6.69. The van der Waals surface area contributed by atoms with Gasteiger partial charge in [0.25, 0.3) is 0 Å². The van der Waals surface area contributed by atoms with Crippen LogP contribution in [0.1, 0.15) is 17.9 Å². The highest BCUT2D eigenvalue weighted by atomic mass is 32.2. The van der Waals surface area contributed by atoms with Crippen molar-refractivity contribution in [2.45, 2.75) is 23.5 Å². The molecule has 1 aliphatic rings. The lowest BCUT2D eigenvalue weighted by Crippen LogP contribution is -2.37. The van der Waals surface area contributed by atoms with Gasteiger partial charge in [0, 0.05) is 36.4 Å². The summed E-state index contributed by atoms with van der Waals surface area (Å²) in [4.78, 5) is 12.7. The summed E-state index contributed by atoms with van der Waals surface area (Å²) >= 11 is 0. The number of furan rings is 1. The Labute approximate surface area is 227 Å². The molecule has 2 atom stereocenters. The number of sulfonamides is 1. The number of benzene rings is 2. The molecule has 0 aliphatic carbocycles. The van der Waals surface area contributed by atoms with Gasteiger partial charge in [-0.1, -0.05) is 30.9 Å². The fraction of sp³-hybridized carbons (Fsp3) is 0.321. The Morgan fingerprint density at radius 1 is 1.18 bits per heavy atom. The van der Waals surface area contributed by atoms with Gasteiger partial charge in [-0.25, -0.2) is 13.2 Å². The van der Waals surface area contributed by atoms with Crippen molar-refractivity contribution < 1.29 is 41.7 Å². The SMILES string of the molecule is C=CCOC(=O)C1=C[C@H](c2coc3ccccc23)CC(OCCN(CCO)S(=O)(=O)c2ccc(OC)cc2)O1. The van der Waals surface area contributed by atoms with Gasteiger partial charge in [0.2, 0.25) is 22.1 Å². The molecule has 2 aromatic carbocycles. The van der Waals surface area contributed by atoms with Crippen LogP contribution in [0.2, 0.25) is 0 Å². The zero-order chi connectivity index (χ0) is 27.8. The average molecular weight is 558 g/mol. The van der Waals surface area contributed by atoms with E-state index in [9.17, 15) is 18.3 Å². The van der Waals surface area contributed by atoms with Crippen molar-refractivity contribution in [2.75, 3.05) is 40.0 Å². The molecule has 1 N–H and O–H groups in total. The van der Waals surface area contributed by atoms with Gasteiger partial charge in [-0.2, -0.15) is 4.31 Å². The van der Waals surface area contributed by atoms with Gasteiger partial charge in [-0.05, 0) is 36.4 Å². The molecule has 0 fully saturated rings. The lowest BCUT2D eigenvalue weighted by atomic mass is 9.92. The molecule has 1 unspecified atom stereocenters. The largest absolute Gasteiger partial charge is 0.497 e. The molecule has 1 aliphatic heterocycles. The van der Waals surface area contributed by atoms with Crippen LogP contribution in [0.25, 0.3) is 11.0 Å². The zero-order valence-electron chi connectivity index (χ0n) is 21.5. The molecule has 0 saturated heterocycles. The summed E-state index contributed by atoms with van der Waals surface area (Å²) in [5, 5.41) is 10.4. The fourth-order valence-corrected chi connectivity index (χ4v) is 5.67. The lowest BCUT2D eigenvalue weighted by molar-refractivity contribution is -0.160. The maximum absolute atomic E-state index is 13.2. The van der Waals surface area contributed by atoms with Crippen LogP contribution in [0.5, 0.6) is 5.75 Å². The summed E-state index contributed by atoms with van der Waals surface area (Å²) in [6, 6.07) is 13.5. The summed E-state index contributed by atoms with van der Waals surface area (Å²) in [6.45, 7) is 2.99. The summed E-state index contributed by atoms with van der Waals surface area (Å²) in [5.74, 6) is -0.433. The maximum Gasteiger partial charge on any atom is 0.373 e. The van der Waals surface area contributed by atoms with Gasteiger partial charge >= 0.3 is 5.97 Å². The highest BCUT2D eigenvalue weighted by Crippen LogP contribution is 2.36. The highest BCUT2D eigenvalue weighted by molar-refractivity contribution is 7.89. The molecule has 3 aromatic rings. The minimum Gasteiger partial charge on any atom is -0.497 e. The zero-order valence-corrected chi connectivity index (χ0v) is 22.3. The number of rotatable bonds is 13. The van der Waals surface area contributed by atoms with Gasteiger partial charge < -0.3 is 28.5 Å². The normalized spacial score (nSPS) is 17.5. The molecule has 1 aromatic heterocycles. The second-order valence-electron chi connectivity index (χ2n) is 8.67. The van der Waals surface area contributed by atoms with Gasteiger partial charge in [0.05, 0.1) is 31.5 Å². The third-order valence-corrected chi connectivity index (χ3v) is 8.11. The van der Waals surface area contributed by atoms with Crippen molar-refractivity contribution >= 4 is 27.0 Å². The summed E-state index contributed by atoms with van der Waals surface area (Å²) < 4.78 is 55.1. The number of nitrogens with zero attached hydrogens (tertiary/aromatic N) is 1. The minimum atomic E-state index is -3.91. The van der Waals surface area contributed by atoms with Crippen LogP contribution in [0.15, 0.2) is 88.6 Å². The number of para-hydroxylation sites is 1. The Morgan fingerprint density at radius 3 is 2.67 bits per heavy atom. The number of fused-ring (bicyclic) bond motifs is 1. The second kappa shape index (κ2) is 12.9. The molecule has 0 amide bonds. The number of aliphatic hydroxyl groups excluding tert-OH is 1. The van der Waals surface area contributed by atoms with Crippen molar-refractivity contribution in [3.05, 3.63) is 84.8 Å². The van der Waals surface area contributed by atoms with Crippen LogP contribution in [-0.2, 0) is 29.0 Å². The van der Waals surface area contributed by atoms with E-state index < -0.39 is 22.3 Å². The van der Waals surface area contributed by atoms with E-state index in [4.69, 9.17) is 23.4 Å². The Morgan fingerprint density at radius 2 is 1.95 bits per heavy atom. The van der Waals surface area contributed by atoms with Crippen LogP contribution in [0.4, 0.5) is 0 Å². The average Bonchev–Trinajstić information content (AvgIpc) is 3.39. The Bertz CT molecular complexity index is 1410. The van der Waals surface area contributed by atoms with Crippen molar-refractivity contribution in [1.82, 2.24) is 4.31 Å².